The molecule has 1 aliphatic heterocycles. The smallest absolute Gasteiger partial charge is 0.165 e. The molecule has 3 aromatic rings. The second kappa shape index (κ2) is 7.75. The van der Waals surface area contributed by atoms with Gasteiger partial charge in [-0.15, -0.1) is 0 Å². The van der Waals surface area contributed by atoms with Crippen LogP contribution in [-0.2, 0) is 0 Å². The highest BCUT2D eigenvalue weighted by Crippen LogP contribution is 2.31. The van der Waals surface area contributed by atoms with Crippen LogP contribution in [0.15, 0.2) is 30.3 Å². The normalized spacial score (nSPS) is 19.5. The standard InChI is InChI=1S/C23H23ClFN5/c1-23(8-4-10-30(2)13-23)9-7-14-11-19-16(12-18(14)26)21(27)29-22(28-19)15-5-3-6-17(24)20(15)25/h3,5-6,11-12H,4,8,10,13,26H2,1-2H3,(H2,27,28,29). The van der Waals surface area contributed by atoms with Crippen LogP contribution in [0.3, 0.4) is 0 Å². The molecule has 2 heterocycles. The van der Waals surface area contributed by atoms with E-state index in [1.54, 1.807) is 24.3 Å². The minimum Gasteiger partial charge on any atom is -0.398 e. The van der Waals surface area contributed by atoms with Crippen molar-refractivity contribution >= 4 is 34.0 Å². The number of nitrogen functional groups attached to an aromatic ring is 2. The highest BCUT2D eigenvalue weighted by Gasteiger charge is 2.27. The molecule has 4 N–H and O–H groups in total. The van der Waals surface area contributed by atoms with E-state index in [1.165, 1.54) is 6.07 Å². The lowest BCUT2D eigenvalue weighted by Gasteiger charge is -2.34. The van der Waals surface area contributed by atoms with Gasteiger partial charge < -0.3 is 16.4 Å². The number of hydrogen-bond acceptors (Lipinski definition) is 5. The van der Waals surface area contributed by atoms with Crippen molar-refractivity contribution < 1.29 is 4.39 Å². The Morgan fingerprint density at radius 3 is 2.80 bits per heavy atom. The van der Waals surface area contributed by atoms with Crippen LogP contribution in [0.1, 0.15) is 25.3 Å². The molecule has 154 valence electrons. The van der Waals surface area contributed by atoms with Gasteiger partial charge in [0.1, 0.15) is 5.82 Å². The van der Waals surface area contributed by atoms with Gasteiger partial charge in [-0.25, -0.2) is 14.4 Å². The first kappa shape index (κ1) is 20.4. The van der Waals surface area contributed by atoms with Gasteiger partial charge in [0.25, 0.3) is 0 Å². The first-order chi connectivity index (χ1) is 14.3. The van der Waals surface area contributed by atoms with Crippen LogP contribution < -0.4 is 11.5 Å². The fraction of sp³-hybridized carbons (Fsp3) is 0.304. The van der Waals surface area contributed by atoms with Crippen LogP contribution in [0, 0.1) is 23.1 Å². The summed E-state index contributed by atoms with van der Waals surface area (Å²) < 4.78 is 14.5. The number of nitrogens with two attached hydrogens (primary N) is 2. The van der Waals surface area contributed by atoms with Crippen molar-refractivity contribution in [3.8, 4) is 23.2 Å². The maximum Gasteiger partial charge on any atom is 0.165 e. The molecule has 0 spiro atoms. The molecule has 1 fully saturated rings. The number of likely N-dealkylation sites (tertiary alicyclic amines) is 1. The van der Waals surface area contributed by atoms with Crippen LogP contribution in [0.2, 0.25) is 5.02 Å². The maximum absolute atomic E-state index is 14.5. The number of fused-ring (bicyclic) bond motifs is 1. The Bertz CT molecular complexity index is 1200. The Kier molecular flexibility index (Phi) is 5.27. The molecule has 5 nitrogen and oxygen atoms in total. The third-order valence-electron chi connectivity index (χ3n) is 5.48. The SMILES string of the molecule is CN1CCCC(C)(C#Cc2cc3nc(-c4cccc(Cl)c4F)nc(N)c3cc2N)C1. The van der Waals surface area contributed by atoms with Crippen LogP contribution in [0.25, 0.3) is 22.3 Å². The van der Waals surface area contributed by atoms with Crippen LogP contribution in [0.4, 0.5) is 15.9 Å². The summed E-state index contributed by atoms with van der Waals surface area (Å²) in [7, 11) is 2.11. The van der Waals surface area contributed by atoms with Crippen molar-refractivity contribution in [3.05, 3.63) is 46.7 Å². The van der Waals surface area contributed by atoms with E-state index in [0.29, 0.717) is 22.2 Å². The summed E-state index contributed by atoms with van der Waals surface area (Å²) in [5, 5.41) is 0.608. The summed E-state index contributed by atoms with van der Waals surface area (Å²) in [4.78, 5) is 11.1. The molecule has 0 radical (unpaired) electrons. The Hall–Kier alpha value is -2.88. The minimum absolute atomic E-state index is 0.00400. The number of hydrogen-bond donors (Lipinski definition) is 2. The first-order valence-corrected chi connectivity index (χ1v) is 10.2. The molecular formula is C23H23ClFN5. The topological polar surface area (TPSA) is 81.1 Å². The van der Waals surface area contributed by atoms with Crippen molar-refractivity contribution in [2.75, 3.05) is 31.6 Å². The van der Waals surface area contributed by atoms with Crippen molar-refractivity contribution in [1.29, 1.82) is 0 Å². The average Bonchev–Trinajstić information content (AvgIpc) is 2.69. The summed E-state index contributed by atoms with van der Waals surface area (Å²) >= 11 is 5.91. The number of aromatic nitrogens is 2. The van der Waals surface area contributed by atoms with Gasteiger partial charge in [-0.2, -0.15) is 0 Å². The van der Waals surface area contributed by atoms with Gasteiger partial charge in [-0.1, -0.05) is 29.5 Å². The van der Waals surface area contributed by atoms with Crippen LogP contribution in [-0.4, -0.2) is 35.0 Å². The first-order valence-electron chi connectivity index (χ1n) is 9.79. The largest absolute Gasteiger partial charge is 0.398 e. The fourth-order valence-electron chi connectivity index (χ4n) is 3.93. The van der Waals surface area contributed by atoms with Gasteiger partial charge in [0, 0.05) is 28.6 Å². The summed E-state index contributed by atoms with van der Waals surface area (Å²) in [6.07, 6.45) is 2.17. The van der Waals surface area contributed by atoms with E-state index >= 15 is 0 Å². The van der Waals surface area contributed by atoms with Crippen molar-refractivity contribution in [2.45, 2.75) is 19.8 Å². The molecule has 4 rings (SSSR count). The van der Waals surface area contributed by atoms with Crippen molar-refractivity contribution in [2.24, 2.45) is 5.41 Å². The van der Waals surface area contributed by atoms with Gasteiger partial charge in [0.15, 0.2) is 11.6 Å². The molecular weight excluding hydrogens is 401 g/mol. The minimum atomic E-state index is -0.581. The Morgan fingerprint density at radius 2 is 2.03 bits per heavy atom. The van der Waals surface area contributed by atoms with E-state index in [1.807, 2.05) is 0 Å². The van der Waals surface area contributed by atoms with Gasteiger partial charge >= 0.3 is 0 Å². The average molecular weight is 424 g/mol. The summed E-state index contributed by atoms with van der Waals surface area (Å²) in [5.74, 6) is 6.45. The van der Waals surface area contributed by atoms with Gasteiger partial charge in [0.2, 0.25) is 0 Å². The third kappa shape index (κ3) is 3.91. The molecule has 0 saturated carbocycles. The van der Waals surface area contributed by atoms with Crippen molar-refractivity contribution in [3.63, 3.8) is 0 Å². The molecule has 1 aromatic heterocycles. The lowest BCUT2D eigenvalue weighted by Crippen LogP contribution is -2.38. The predicted molar refractivity (Wildman–Crippen MR) is 120 cm³/mol. The van der Waals surface area contributed by atoms with E-state index < -0.39 is 5.82 Å². The molecule has 0 amide bonds. The Morgan fingerprint density at radius 1 is 1.23 bits per heavy atom. The molecule has 0 bridgehead atoms. The molecule has 1 aliphatic rings. The maximum atomic E-state index is 14.5. The number of piperidine rings is 1. The molecule has 7 heteroatoms. The predicted octanol–water partition coefficient (Wildman–Crippen LogP) is 4.34. The second-order valence-corrected chi connectivity index (χ2v) is 8.55. The zero-order valence-electron chi connectivity index (χ0n) is 17.0. The molecule has 1 saturated heterocycles. The lowest BCUT2D eigenvalue weighted by molar-refractivity contribution is 0.175. The van der Waals surface area contributed by atoms with Gasteiger partial charge in [-0.05, 0) is 57.6 Å². The van der Waals surface area contributed by atoms with E-state index in [9.17, 15) is 4.39 Å². The number of nitrogens with zero attached hydrogens (tertiary/aromatic N) is 3. The van der Waals surface area contributed by atoms with E-state index in [4.69, 9.17) is 23.1 Å². The van der Waals surface area contributed by atoms with Gasteiger partial charge in [0.05, 0.1) is 16.1 Å². The quantitative estimate of drug-likeness (QED) is 0.449. The van der Waals surface area contributed by atoms with E-state index in [2.05, 4.69) is 40.7 Å². The molecule has 30 heavy (non-hydrogen) atoms. The number of anilines is 2. The zero-order valence-corrected chi connectivity index (χ0v) is 17.7. The van der Waals surface area contributed by atoms with Gasteiger partial charge in [-0.3, -0.25) is 0 Å². The second-order valence-electron chi connectivity index (χ2n) is 8.14. The Labute approximate surface area is 180 Å². The lowest BCUT2D eigenvalue weighted by atomic mass is 9.82. The zero-order chi connectivity index (χ0) is 21.5. The molecule has 1 atom stereocenters. The Balaban J connectivity index is 1.79. The van der Waals surface area contributed by atoms with E-state index in [-0.39, 0.29) is 27.6 Å². The summed E-state index contributed by atoms with van der Waals surface area (Å²) in [6.45, 7) is 4.18. The number of rotatable bonds is 1. The number of benzene rings is 2. The van der Waals surface area contributed by atoms with Crippen LogP contribution >= 0.6 is 11.6 Å². The van der Waals surface area contributed by atoms with Crippen LogP contribution in [0.5, 0.6) is 0 Å². The molecule has 2 aromatic carbocycles. The summed E-state index contributed by atoms with van der Waals surface area (Å²) in [6, 6.07) is 8.20. The monoisotopic (exact) mass is 423 g/mol. The number of halogens is 2. The van der Waals surface area contributed by atoms with Crippen molar-refractivity contribution in [1.82, 2.24) is 14.9 Å². The van der Waals surface area contributed by atoms with E-state index in [0.717, 1.165) is 25.9 Å². The highest BCUT2D eigenvalue weighted by atomic mass is 35.5. The third-order valence-corrected chi connectivity index (χ3v) is 5.77. The summed E-state index contributed by atoms with van der Waals surface area (Å²) in [5.41, 5.74) is 14.2. The molecule has 0 aliphatic carbocycles. The fourth-order valence-corrected chi connectivity index (χ4v) is 4.11. The molecule has 1 unspecified atom stereocenters. The highest BCUT2D eigenvalue weighted by molar-refractivity contribution is 6.31.